The van der Waals surface area contributed by atoms with Crippen LogP contribution in [0.25, 0.3) is 0 Å². The van der Waals surface area contributed by atoms with Crippen LogP contribution >= 0.6 is 11.3 Å². The molecule has 5 heteroatoms. The summed E-state index contributed by atoms with van der Waals surface area (Å²) in [4.78, 5) is 26.1. The van der Waals surface area contributed by atoms with E-state index in [9.17, 15) is 9.59 Å². The highest BCUT2D eigenvalue weighted by atomic mass is 32.1. The van der Waals surface area contributed by atoms with E-state index in [0.29, 0.717) is 29.5 Å². The third kappa shape index (κ3) is 5.56. The summed E-state index contributed by atoms with van der Waals surface area (Å²) in [5.41, 5.74) is 1.89. The highest BCUT2D eigenvalue weighted by Gasteiger charge is 2.27. The van der Waals surface area contributed by atoms with Crippen molar-refractivity contribution in [2.75, 3.05) is 11.9 Å². The number of ether oxygens (including phenoxy) is 1. The van der Waals surface area contributed by atoms with Gasteiger partial charge in [0, 0.05) is 11.3 Å². The zero-order valence-corrected chi connectivity index (χ0v) is 17.0. The quantitative estimate of drug-likeness (QED) is 0.705. The number of hydrogen-bond donors (Lipinski definition) is 1. The molecule has 0 aromatic carbocycles. The zero-order valence-electron chi connectivity index (χ0n) is 16.2. The molecule has 1 aliphatic carbocycles. The van der Waals surface area contributed by atoms with E-state index in [0.717, 1.165) is 37.7 Å². The monoisotopic (exact) mass is 365 g/mol. The molecule has 1 heterocycles. The zero-order chi connectivity index (χ0) is 18.6. The first-order valence-electron chi connectivity index (χ1n) is 9.32. The van der Waals surface area contributed by atoms with Crippen molar-refractivity contribution in [2.24, 2.45) is 11.3 Å². The Bertz CT molecular complexity index is 628. The van der Waals surface area contributed by atoms with E-state index in [1.54, 1.807) is 11.3 Å². The predicted molar refractivity (Wildman–Crippen MR) is 103 cm³/mol. The Hall–Kier alpha value is -1.36. The molecule has 2 rings (SSSR count). The first-order chi connectivity index (χ1) is 11.7. The fourth-order valence-corrected chi connectivity index (χ4v) is 4.98. The molecule has 1 aromatic rings. The van der Waals surface area contributed by atoms with Gasteiger partial charge in [0.15, 0.2) is 0 Å². The van der Waals surface area contributed by atoms with Gasteiger partial charge < -0.3 is 10.1 Å². The molecule has 0 saturated carbocycles. The topological polar surface area (TPSA) is 55.4 Å². The molecule has 0 fully saturated rings. The van der Waals surface area contributed by atoms with E-state index >= 15 is 0 Å². The number of amides is 1. The minimum Gasteiger partial charge on any atom is -0.462 e. The van der Waals surface area contributed by atoms with Gasteiger partial charge in [0.2, 0.25) is 5.91 Å². The number of esters is 1. The molecule has 1 aromatic heterocycles. The van der Waals surface area contributed by atoms with Crippen LogP contribution < -0.4 is 5.32 Å². The number of rotatable bonds is 6. The van der Waals surface area contributed by atoms with Gasteiger partial charge in [0.25, 0.3) is 0 Å². The van der Waals surface area contributed by atoms with Crippen LogP contribution in [-0.2, 0) is 22.4 Å². The summed E-state index contributed by atoms with van der Waals surface area (Å²) in [6, 6.07) is 0. The van der Waals surface area contributed by atoms with Crippen LogP contribution in [0.1, 0.15) is 81.1 Å². The number of anilines is 1. The van der Waals surface area contributed by atoms with Gasteiger partial charge in [0.1, 0.15) is 5.00 Å². The summed E-state index contributed by atoms with van der Waals surface area (Å²) < 4.78 is 5.24. The molecule has 140 valence electrons. The molecule has 25 heavy (non-hydrogen) atoms. The number of carbonyl (C=O) groups is 2. The molecule has 0 aliphatic heterocycles. The predicted octanol–water partition coefficient (Wildman–Crippen LogP) is 5.20. The van der Waals surface area contributed by atoms with Gasteiger partial charge in [-0.1, -0.05) is 27.7 Å². The van der Waals surface area contributed by atoms with E-state index in [2.05, 4.69) is 33.0 Å². The Morgan fingerprint density at radius 3 is 2.56 bits per heavy atom. The van der Waals surface area contributed by atoms with Crippen LogP contribution in [0.3, 0.4) is 0 Å². The number of thiophene rings is 1. The van der Waals surface area contributed by atoms with Crippen molar-refractivity contribution in [3.63, 3.8) is 0 Å². The molecular weight excluding hydrogens is 334 g/mol. The minimum absolute atomic E-state index is 0.0131. The number of fused-ring (bicyclic) bond motifs is 1. The molecule has 1 N–H and O–H groups in total. The molecule has 1 aliphatic rings. The average Bonchev–Trinajstić information content (AvgIpc) is 2.82. The van der Waals surface area contributed by atoms with Crippen LogP contribution in [0.15, 0.2) is 0 Å². The SMILES string of the molecule is CCOC(=O)c1c(NC(=O)CC(C)CC(C)(C)C)sc2c1CCCC2. The second kappa shape index (κ2) is 8.35. The van der Waals surface area contributed by atoms with Crippen molar-refractivity contribution in [1.29, 1.82) is 0 Å². The Morgan fingerprint density at radius 2 is 1.92 bits per heavy atom. The second-order valence-corrected chi connectivity index (χ2v) is 9.36. The first-order valence-corrected chi connectivity index (χ1v) is 10.1. The fourth-order valence-electron chi connectivity index (χ4n) is 3.68. The Labute approximate surface area is 155 Å². The molecule has 4 nitrogen and oxygen atoms in total. The van der Waals surface area contributed by atoms with Crippen LogP contribution in [0.5, 0.6) is 0 Å². The summed E-state index contributed by atoms with van der Waals surface area (Å²) >= 11 is 1.55. The van der Waals surface area contributed by atoms with Crippen LogP contribution in [0.4, 0.5) is 5.00 Å². The van der Waals surface area contributed by atoms with E-state index in [1.807, 2.05) is 6.92 Å². The van der Waals surface area contributed by atoms with Crippen molar-refractivity contribution >= 4 is 28.2 Å². The van der Waals surface area contributed by atoms with E-state index in [1.165, 1.54) is 4.88 Å². The minimum atomic E-state index is -0.306. The Morgan fingerprint density at radius 1 is 1.24 bits per heavy atom. The van der Waals surface area contributed by atoms with Gasteiger partial charge >= 0.3 is 5.97 Å². The number of carbonyl (C=O) groups excluding carboxylic acids is 2. The third-order valence-corrected chi connectivity index (χ3v) is 5.61. The maximum atomic E-state index is 12.5. The molecule has 1 atom stereocenters. The lowest BCUT2D eigenvalue weighted by molar-refractivity contribution is -0.117. The van der Waals surface area contributed by atoms with Gasteiger partial charge in [-0.15, -0.1) is 11.3 Å². The van der Waals surface area contributed by atoms with E-state index in [4.69, 9.17) is 4.74 Å². The molecule has 1 amide bonds. The Balaban J connectivity index is 2.14. The lowest BCUT2D eigenvalue weighted by atomic mass is 9.84. The standard InChI is InChI=1S/C20H31NO3S/c1-6-24-19(23)17-14-9-7-8-10-15(14)25-18(17)21-16(22)11-13(2)12-20(3,4)5/h13H,6-12H2,1-5H3,(H,21,22). The third-order valence-electron chi connectivity index (χ3n) is 4.40. The second-order valence-electron chi connectivity index (χ2n) is 8.26. The van der Waals surface area contributed by atoms with Gasteiger partial charge in [-0.2, -0.15) is 0 Å². The lowest BCUT2D eigenvalue weighted by Crippen LogP contribution is -2.20. The summed E-state index contributed by atoms with van der Waals surface area (Å²) in [6.45, 7) is 10.8. The number of aryl methyl sites for hydroxylation is 1. The van der Waals surface area contributed by atoms with Crippen LogP contribution in [-0.4, -0.2) is 18.5 Å². The van der Waals surface area contributed by atoms with Crippen molar-refractivity contribution in [3.05, 3.63) is 16.0 Å². The Kier molecular flexibility index (Phi) is 6.66. The average molecular weight is 366 g/mol. The highest BCUT2D eigenvalue weighted by Crippen LogP contribution is 2.39. The molecule has 0 bridgehead atoms. The molecule has 0 spiro atoms. The molecular formula is C20H31NO3S. The molecule has 0 saturated heterocycles. The van der Waals surface area contributed by atoms with Crippen molar-refractivity contribution in [3.8, 4) is 0 Å². The number of hydrogen-bond acceptors (Lipinski definition) is 4. The first kappa shape index (κ1) is 20.0. The van der Waals surface area contributed by atoms with Crippen LogP contribution in [0, 0.1) is 11.3 Å². The van der Waals surface area contributed by atoms with Gasteiger partial charge in [0.05, 0.1) is 12.2 Å². The van der Waals surface area contributed by atoms with Gasteiger partial charge in [-0.05, 0) is 55.9 Å². The normalized spacial score (nSPS) is 15.4. The van der Waals surface area contributed by atoms with E-state index < -0.39 is 0 Å². The summed E-state index contributed by atoms with van der Waals surface area (Å²) in [5, 5.41) is 3.68. The largest absolute Gasteiger partial charge is 0.462 e. The maximum absolute atomic E-state index is 12.5. The lowest BCUT2D eigenvalue weighted by Gasteiger charge is -2.22. The summed E-state index contributed by atoms with van der Waals surface area (Å²) in [6.07, 6.45) is 5.59. The molecule has 0 radical (unpaired) electrons. The summed E-state index contributed by atoms with van der Waals surface area (Å²) in [7, 11) is 0. The number of nitrogens with one attached hydrogen (secondary N) is 1. The summed E-state index contributed by atoms with van der Waals surface area (Å²) in [5.74, 6) is -0.0125. The van der Waals surface area contributed by atoms with Crippen molar-refractivity contribution < 1.29 is 14.3 Å². The fraction of sp³-hybridized carbons (Fsp3) is 0.700. The van der Waals surface area contributed by atoms with Crippen molar-refractivity contribution in [2.45, 2.75) is 73.1 Å². The maximum Gasteiger partial charge on any atom is 0.341 e. The van der Waals surface area contributed by atoms with Crippen molar-refractivity contribution in [1.82, 2.24) is 0 Å². The van der Waals surface area contributed by atoms with E-state index in [-0.39, 0.29) is 17.3 Å². The highest BCUT2D eigenvalue weighted by molar-refractivity contribution is 7.17. The van der Waals surface area contributed by atoms with Gasteiger partial charge in [-0.3, -0.25) is 4.79 Å². The smallest absolute Gasteiger partial charge is 0.341 e. The molecule has 1 unspecified atom stereocenters. The van der Waals surface area contributed by atoms with Crippen LogP contribution in [0.2, 0.25) is 0 Å². The van der Waals surface area contributed by atoms with Gasteiger partial charge in [-0.25, -0.2) is 4.79 Å².